The van der Waals surface area contributed by atoms with Crippen LogP contribution in [0.1, 0.15) is 34.5 Å². The highest BCUT2D eigenvalue weighted by Gasteiger charge is 2.18. The van der Waals surface area contributed by atoms with E-state index in [2.05, 4.69) is 10.3 Å². The monoisotopic (exact) mass is 440 g/mol. The molecule has 156 valence electrons. The van der Waals surface area contributed by atoms with Gasteiger partial charge >= 0.3 is 0 Å². The molecular formula is C22H24N4O2S2. The molecule has 0 spiro atoms. The number of piperidine rings is 1. The van der Waals surface area contributed by atoms with E-state index in [0.29, 0.717) is 17.9 Å². The Kier molecular flexibility index (Phi) is 6.86. The van der Waals surface area contributed by atoms with E-state index in [1.807, 2.05) is 57.4 Å². The lowest BCUT2D eigenvalue weighted by Gasteiger charge is -2.26. The van der Waals surface area contributed by atoms with E-state index >= 15 is 0 Å². The molecule has 2 amide bonds. The smallest absolute Gasteiger partial charge is 0.251 e. The molecule has 1 aliphatic heterocycles. The molecule has 1 N–H and O–H groups in total. The summed E-state index contributed by atoms with van der Waals surface area (Å²) in [5.74, 6) is 0.467. The Morgan fingerprint density at radius 3 is 2.63 bits per heavy atom. The van der Waals surface area contributed by atoms with Crippen LogP contribution in [0.15, 0.2) is 59.3 Å². The Labute approximate surface area is 184 Å². The fourth-order valence-corrected chi connectivity index (χ4v) is 4.93. The minimum absolute atomic E-state index is 0.0951. The van der Waals surface area contributed by atoms with Gasteiger partial charge in [0.05, 0.1) is 12.3 Å². The molecule has 3 aromatic rings. The molecule has 8 heteroatoms. The average Bonchev–Trinajstić information content (AvgIpc) is 3.48. The number of rotatable bonds is 7. The second-order valence-electron chi connectivity index (χ2n) is 7.12. The summed E-state index contributed by atoms with van der Waals surface area (Å²) in [6.45, 7) is 2.26. The first-order valence-electron chi connectivity index (χ1n) is 10.1. The van der Waals surface area contributed by atoms with Crippen molar-refractivity contribution in [3.05, 3.63) is 64.6 Å². The molecule has 0 radical (unpaired) electrons. The van der Waals surface area contributed by atoms with Crippen LogP contribution >= 0.6 is 23.1 Å². The highest BCUT2D eigenvalue weighted by Crippen LogP contribution is 2.22. The number of nitrogens with one attached hydrogen (secondary N) is 1. The first-order chi connectivity index (χ1) is 14.7. The number of carbonyl (C=O) groups excluding carboxylic acids is 2. The standard InChI is InChI=1S/C22H24N4O2S2/c27-20(25-11-2-1-3-12-25)16-30-22-23-10-13-26(22)18-8-6-17(7-9-18)21(28)24-15-19-5-4-14-29-19/h4-10,13-14H,1-3,11-12,15-16H2,(H,24,28). The molecule has 30 heavy (non-hydrogen) atoms. The van der Waals surface area contributed by atoms with Gasteiger partial charge < -0.3 is 10.2 Å². The van der Waals surface area contributed by atoms with Gasteiger partial charge in [0, 0.05) is 41.6 Å². The van der Waals surface area contributed by atoms with Gasteiger partial charge in [0.1, 0.15) is 0 Å². The number of thiophene rings is 1. The zero-order valence-electron chi connectivity index (χ0n) is 16.6. The Bertz CT molecular complexity index is 977. The SMILES string of the molecule is O=C(NCc1cccs1)c1ccc(-n2ccnc2SCC(=O)N2CCCCC2)cc1. The second-order valence-corrected chi connectivity index (χ2v) is 9.09. The van der Waals surface area contributed by atoms with Crippen molar-refractivity contribution >= 4 is 34.9 Å². The van der Waals surface area contributed by atoms with Gasteiger partial charge in [-0.2, -0.15) is 0 Å². The number of hydrogen-bond acceptors (Lipinski definition) is 5. The summed E-state index contributed by atoms with van der Waals surface area (Å²) in [6, 6.07) is 11.4. The molecule has 6 nitrogen and oxygen atoms in total. The van der Waals surface area contributed by atoms with E-state index in [-0.39, 0.29) is 11.8 Å². The molecule has 0 bridgehead atoms. The summed E-state index contributed by atoms with van der Waals surface area (Å²) in [7, 11) is 0. The van der Waals surface area contributed by atoms with Crippen LogP contribution in [-0.2, 0) is 11.3 Å². The van der Waals surface area contributed by atoms with E-state index in [1.165, 1.54) is 18.2 Å². The van der Waals surface area contributed by atoms with Crippen LogP contribution in [0.3, 0.4) is 0 Å². The Balaban J connectivity index is 1.35. The van der Waals surface area contributed by atoms with Crippen molar-refractivity contribution in [2.24, 2.45) is 0 Å². The third-order valence-electron chi connectivity index (χ3n) is 5.05. The lowest BCUT2D eigenvalue weighted by molar-refractivity contribution is -0.129. The van der Waals surface area contributed by atoms with E-state index < -0.39 is 0 Å². The molecule has 0 atom stereocenters. The molecule has 1 aromatic carbocycles. The van der Waals surface area contributed by atoms with Crippen molar-refractivity contribution in [3.63, 3.8) is 0 Å². The van der Waals surface area contributed by atoms with Gasteiger partial charge in [-0.25, -0.2) is 4.98 Å². The Hall–Kier alpha value is -2.58. The van der Waals surface area contributed by atoms with Gasteiger partial charge in [-0.1, -0.05) is 17.8 Å². The van der Waals surface area contributed by atoms with Crippen LogP contribution in [0.25, 0.3) is 5.69 Å². The van der Waals surface area contributed by atoms with Gasteiger partial charge in [-0.15, -0.1) is 11.3 Å². The van der Waals surface area contributed by atoms with Crippen molar-refractivity contribution in [2.75, 3.05) is 18.8 Å². The first-order valence-corrected chi connectivity index (χ1v) is 11.9. The highest BCUT2D eigenvalue weighted by atomic mass is 32.2. The van der Waals surface area contributed by atoms with E-state index in [0.717, 1.165) is 41.7 Å². The molecule has 1 fully saturated rings. The van der Waals surface area contributed by atoms with Crippen LogP contribution in [-0.4, -0.2) is 45.1 Å². The Morgan fingerprint density at radius 2 is 1.90 bits per heavy atom. The van der Waals surface area contributed by atoms with Crippen LogP contribution in [0.5, 0.6) is 0 Å². The first kappa shape index (κ1) is 20.7. The third kappa shape index (κ3) is 5.12. The molecule has 2 aromatic heterocycles. The van der Waals surface area contributed by atoms with E-state index in [4.69, 9.17) is 0 Å². The van der Waals surface area contributed by atoms with Gasteiger partial charge in [0.2, 0.25) is 5.91 Å². The molecule has 1 saturated heterocycles. The molecule has 0 saturated carbocycles. The number of imidazole rings is 1. The summed E-state index contributed by atoms with van der Waals surface area (Å²) in [6.07, 6.45) is 7.01. The summed E-state index contributed by atoms with van der Waals surface area (Å²) in [5, 5.41) is 5.71. The topological polar surface area (TPSA) is 67.2 Å². The van der Waals surface area contributed by atoms with Crippen molar-refractivity contribution < 1.29 is 9.59 Å². The number of likely N-dealkylation sites (tertiary alicyclic amines) is 1. The third-order valence-corrected chi connectivity index (χ3v) is 6.88. The zero-order valence-corrected chi connectivity index (χ0v) is 18.3. The molecule has 4 rings (SSSR count). The number of benzene rings is 1. The number of thioether (sulfide) groups is 1. The van der Waals surface area contributed by atoms with Crippen LogP contribution < -0.4 is 5.32 Å². The van der Waals surface area contributed by atoms with E-state index in [1.54, 1.807) is 17.5 Å². The summed E-state index contributed by atoms with van der Waals surface area (Å²) >= 11 is 3.07. The number of aromatic nitrogens is 2. The minimum atomic E-state index is -0.0951. The summed E-state index contributed by atoms with van der Waals surface area (Å²) in [4.78, 5) is 32.3. The van der Waals surface area contributed by atoms with Crippen molar-refractivity contribution in [3.8, 4) is 5.69 Å². The van der Waals surface area contributed by atoms with Gasteiger partial charge in [0.25, 0.3) is 5.91 Å². The minimum Gasteiger partial charge on any atom is -0.347 e. The molecule has 1 aliphatic rings. The lowest BCUT2D eigenvalue weighted by Crippen LogP contribution is -2.36. The number of carbonyl (C=O) groups is 2. The van der Waals surface area contributed by atoms with Gasteiger partial charge in [-0.3, -0.25) is 14.2 Å². The maximum Gasteiger partial charge on any atom is 0.251 e. The van der Waals surface area contributed by atoms with Gasteiger partial charge in [0.15, 0.2) is 5.16 Å². The maximum absolute atomic E-state index is 12.4. The highest BCUT2D eigenvalue weighted by molar-refractivity contribution is 7.99. The van der Waals surface area contributed by atoms with Crippen molar-refractivity contribution in [1.82, 2.24) is 19.8 Å². The number of amides is 2. The number of hydrogen-bond donors (Lipinski definition) is 1. The zero-order chi connectivity index (χ0) is 20.8. The molecule has 0 unspecified atom stereocenters. The van der Waals surface area contributed by atoms with Crippen LogP contribution in [0.2, 0.25) is 0 Å². The van der Waals surface area contributed by atoms with Gasteiger partial charge in [-0.05, 0) is 55.0 Å². The fourth-order valence-electron chi connectivity index (χ4n) is 3.41. The molecule has 0 aliphatic carbocycles. The second kappa shape index (κ2) is 9.95. The quantitative estimate of drug-likeness (QED) is 0.565. The Morgan fingerprint density at radius 1 is 1.10 bits per heavy atom. The van der Waals surface area contributed by atoms with Crippen LogP contribution in [0.4, 0.5) is 0 Å². The largest absolute Gasteiger partial charge is 0.347 e. The average molecular weight is 441 g/mol. The van der Waals surface area contributed by atoms with E-state index in [9.17, 15) is 9.59 Å². The van der Waals surface area contributed by atoms with Crippen molar-refractivity contribution in [2.45, 2.75) is 31.0 Å². The van der Waals surface area contributed by atoms with Crippen LogP contribution in [0, 0.1) is 0 Å². The predicted octanol–water partition coefficient (Wildman–Crippen LogP) is 3.97. The summed E-state index contributed by atoms with van der Waals surface area (Å²) in [5.41, 5.74) is 1.53. The molecular weight excluding hydrogens is 416 g/mol. The summed E-state index contributed by atoms with van der Waals surface area (Å²) < 4.78 is 1.95. The fraction of sp³-hybridized carbons (Fsp3) is 0.318. The number of nitrogens with zero attached hydrogens (tertiary/aromatic N) is 3. The normalized spacial score (nSPS) is 13.9. The lowest BCUT2D eigenvalue weighted by atomic mass is 10.1. The predicted molar refractivity (Wildman–Crippen MR) is 120 cm³/mol. The maximum atomic E-state index is 12.4. The van der Waals surface area contributed by atoms with Crippen molar-refractivity contribution in [1.29, 1.82) is 0 Å². The molecule has 3 heterocycles.